The summed E-state index contributed by atoms with van der Waals surface area (Å²) in [5.74, 6) is 2.75. The van der Waals surface area contributed by atoms with Crippen molar-refractivity contribution in [1.29, 1.82) is 0 Å². The Morgan fingerprint density at radius 3 is 2.69 bits per heavy atom. The third kappa shape index (κ3) is 5.62. The molecule has 156 valence electrons. The molecule has 0 amide bonds. The molecule has 0 bridgehead atoms. The summed E-state index contributed by atoms with van der Waals surface area (Å²) in [5, 5.41) is 4.52. The van der Waals surface area contributed by atoms with Gasteiger partial charge in [-0.15, -0.1) is 11.8 Å². The van der Waals surface area contributed by atoms with Crippen LogP contribution in [0.3, 0.4) is 0 Å². The minimum Gasteiger partial charge on any atom is -0.492 e. The maximum absolute atomic E-state index is 6.11. The maximum Gasteiger partial charge on any atom is 0.229 e. The molecule has 0 aliphatic heterocycles. The Kier molecular flexibility index (Phi) is 7.75. The number of furan rings is 1. The van der Waals surface area contributed by atoms with Crippen LogP contribution in [-0.2, 0) is 0 Å². The van der Waals surface area contributed by atoms with Gasteiger partial charge in [0.2, 0.25) is 5.71 Å². The first-order valence-corrected chi connectivity index (χ1v) is 11.4. The zero-order valence-electron chi connectivity index (χ0n) is 17.4. The van der Waals surface area contributed by atoms with Crippen molar-refractivity contribution in [2.24, 2.45) is 0 Å². The third-order valence-corrected chi connectivity index (χ3v) is 6.10. The lowest BCUT2D eigenvalue weighted by Gasteiger charge is -2.12. The summed E-state index contributed by atoms with van der Waals surface area (Å²) in [6.07, 6.45) is 1.78. The number of thioether (sulfide) groups is 1. The van der Waals surface area contributed by atoms with Crippen LogP contribution in [0.1, 0.15) is 12.5 Å². The number of rotatable bonds is 10. The number of anilines is 1. The lowest BCUT2D eigenvalue weighted by molar-refractivity contribution is 0.261. The number of fused-ring (bicyclic) bond motifs is 1. The molecule has 1 aromatic carbocycles. The fourth-order valence-electron chi connectivity index (χ4n) is 3.09. The molecule has 7 heteroatoms. The van der Waals surface area contributed by atoms with Crippen molar-refractivity contribution in [2.45, 2.75) is 18.4 Å². The van der Waals surface area contributed by atoms with Gasteiger partial charge in [0, 0.05) is 36.1 Å². The van der Waals surface area contributed by atoms with E-state index in [1.165, 1.54) is 0 Å². The molecule has 29 heavy (non-hydrogen) atoms. The van der Waals surface area contributed by atoms with Gasteiger partial charge in [0.05, 0.1) is 9.97 Å². The molecular weight excluding hydrogens is 402 g/mol. The lowest BCUT2D eigenvalue weighted by Crippen LogP contribution is -2.19. The molecule has 2 aromatic heterocycles. The number of ether oxygens (including phenoxy) is 1. The summed E-state index contributed by atoms with van der Waals surface area (Å²) in [6, 6.07) is 10.0. The molecule has 1 N–H and O–H groups in total. The molecule has 2 heterocycles. The van der Waals surface area contributed by atoms with Gasteiger partial charge in [0.1, 0.15) is 18.1 Å². The van der Waals surface area contributed by atoms with E-state index in [0.29, 0.717) is 12.3 Å². The smallest absolute Gasteiger partial charge is 0.229 e. The minimum absolute atomic E-state index is 0.245. The highest BCUT2D eigenvalue weighted by Gasteiger charge is 2.17. The van der Waals surface area contributed by atoms with Crippen LogP contribution < -0.4 is 10.1 Å². The molecule has 0 aliphatic carbocycles. The highest BCUT2D eigenvalue weighted by molar-refractivity contribution is 8.10. The quantitative estimate of drug-likeness (QED) is 0.341. The van der Waals surface area contributed by atoms with Gasteiger partial charge < -0.3 is 19.4 Å². The summed E-state index contributed by atoms with van der Waals surface area (Å²) in [7, 11) is 4.07. The van der Waals surface area contributed by atoms with Crippen LogP contribution in [0.2, 0.25) is 0 Å². The molecule has 3 rings (SSSR count). The average Bonchev–Trinajstić information content (AvgIpc) is 3.04. The van der Waals surface area contributed by atoms with Crippen LogP contribution >= 0.6 is 24.4 Å². The molecule has 0 saturated heterocycles. The molecule has 0 fully saturated rings. The zero-order chi connectivity index (χ0) is 20.8. The predicted octanol–water partition coefficient (Wildman–Crippen LogP) is 5.16. The van der Waals surface area contributed by atoms with E-state index in [4.69, 9.17) is 9.15 Å². The molecular formula is C22H29N3O2S2. The first-order valence-electron chi connectivity index (χ1n) is 9.79. The average molecular weight is 432 g/mol. The predicted molar refractivity (Wildman–Crippen MR) is 128 cm³/mol. The van der Waals surface area contributed by atoms with E-state index in [9.17, 15) is 0 Å². The normalized spacial score (nSPS) is 12.5. The van der Waals surface area contributed by atoms with Crippen molar-refractivity contribution in [3.63, 3.8) is 0 Å². The van der Waals surface area contributed by atoms with Crippen LogP contribution in [0.25, 0.3) is 22.4 Å². The van der Waals surface area contributed by atoms with Crippen LogP contribution in [0.15, 0.2) is 40.9 Å². The van der Waals surface area contributed by atoms with E-state index >= 15 is 0 Å². The highest BCUT2D eigenvalue weighted by Crippen LogP contribution is 2.36. The number of pyridine rings is 1. The van der Waals surface area contributed by atoms with E-state index < -0.39 is 0 Å². The van der Waals surface area contributed by atoms with Gasteiger partial charge in [-0.25, -0.2) is 4.98 Å². The van der Waals surface area contributed by atoms with Crippen LogP contribution in [0.5, 0.6) is 5.75 Å². The van der Waals surface area contributed by atoms with Crippen LogP contribution in [0, 0.1) is 6.92 Å². The van der Waals surface area contributed by atoms with Gasteiger partial charge in [-0.05, 0) is 57.1 Å². The van der Waals surface area contributed by atoms with Crippen LogP contribution in [-0.4, -0.2) is 54.0 Å². The SMILES string of the molecule is CCSC(S)CNc1ccnc2oc(-c3ccc(OCCN(C)C)cc3)c(C)c12. The summed E-state index contributed by atoms with van der Waals surface area (Å²) < 4.78 is 12.1. The van der Waals surface area contributed by atoms with Gasteiger partial charge >= 0.3 is 0 Å². The first-order chi connectivity index (χ1) is 14.0. The lowest BCUT2D eigenvalue weighted by atomic mass is 10.1. The second kappa shape index (κ2) is 10.3. The third-order valence-electron chi connectivity index (χ3n) is 4.58. The Bertz CT molecular complexity index is 926. The Labute approximate surface area is 182 Å². The van der Waals surface area contributed by atoms with Crippen molar-refractivity contribution in [2.75, 3.05) is 44.9 Å². The van der Waals surface area contributed by atoms with Gasteiger partial charge in [-0.1, -0.05) is 6.92 Å². The van der Waals surface area contributed by atoms with Gasteiger partial charge in [0.25, 0.3) is 0 Å². The van der Waals surface area contributed by atoms with Crippen molar-refractivity contribution in [3.8, 4) is 17.1 Å². The number of nitrogens with one attached hydrogen (secondary N) is 1. The number of nitrogens with zero attached hydrogens (tertiary/aromatic N) is 2. The van der Waals surface area contributed by atoms with E-state index in [-0.39, 0.29) is 4.58 Å². The fourth-order valence-corrected chi connectivity index (χ4v) is 4.21. The van der Waals surface area contributed by atoms with Gasteiger partial charge in [-0.3, -0.25) is 0 Å². The van der Waals surface area contributed by atoms with E-state index in [1.807, 2.05) is 56.2 Å². The van der Waals surface area contributed by atoms with Crippen LogP contribution in [0.4, 0.5) is 5.69 Å². The largest absolute Gasteiger partial charge is 0.492 e. The number of thiol groups is 1. The van der Waals surface area contributed by atoms with Gasteiger partial charge in [-0.2, -0.15) is 12.6 Å². The number of aryl methyl sites for hydroxylation is 1. The summed E-state index contributed by atoms with van der Waals surface area (Å²) >= 11 is 6.43. The molecule has 0 aliphatic rings. The second-order valence-corrected chi connectivity index (χ2v) is 9.51. The monoisotopic (exact) mass is 431 g/mol. The minimum atomic E-state index is 0.245. The summed E-state index contributed by atoms with van der Waals surface area (Å²) in [4.78, 5) is 6.53. The van der Waals surface area contributed by atoms with Crippen molar-refractivity contribution >= 4 is 41.2 Å². The molecule has 0 spiro atoms. The number of benzene rings is 1. The Morgan fingerprint density at radius 2 is 2.00 bits per heavy atom. The molecule has 1 atom stereocenters. The molecule has 5 nitrogen and oxygen atoms in total. The van der Waals surface area contributed by atoms with Crippen molar-refractivity contribution < 1.29 is 9.15 Å². The highest BCUT2D eigenvalue weighted by atomic mass is 32.2. The standard InChI is InChI=1S/C22H29N3O2S2/c1-5-29-19(28)14-24-18-10-11-23-22-20(18)15(2)21(27-22)16-6-8-17(9-7-16)26-13-12-25(3)4/h6-11,19,28H,5,12-14H2,1-4H3,(H,23,24). The van der Waals surface area contributed by atoms with Crippen molar-refractivity contribution in [3.05, 3.63) is 42.1 Å². The van der Waals surface area contributed by atoms with E-state index in [2.05, 4.69) is 41.7 Å². The molecule has 0 radical (unpaired) electrons. The number of aromatic nitrogens is 1. The molecule has 0 saturated carbocycles. The zero-order valence-corrected chi connectivity index (χ0v) is 19.1. The topological polar surface area (TPSA) is 50.5 Å². The maximum atomic E-state index is 6.11. The van der Waals surface area contributed by atoms with Crippen molar-refractivity contribution in [1.82, 2.24) is 9.88 Å². The molecule has 1 unspecified atom stereocenters. The van der Waals surface area contributed by atoms with Gasteiger partial charge in [0.15, 0.2) is 0 Å². The van der Waals surface area contributed by atoms with E-state index in [0.717, 1.165) is 52.6 Å². The number of hydrogen-bond donors (Lipinski definition) is 2. The second-order valence-electron chi connectivity index (χ2n) is 7.06. The number of likely N-dealkylation sites (N-methyl/N-ethyl adjacent to an activating group) is 1. The van der Waals surface area contributed by atoms with E-state index in [1.54, 1.807) is 6.20 Å². The first kappa shape index (κ1) is 21.9. The number of hydrogen-bond acceptors (Lipinski definition) is 7. The summed E-state index contributed by atoms with van der Waals surface area (Å²) in [5.41, 5.74) is 3.77. The Balaban J connectivity index is 1.80. The fraction of sp³-hybridized carbons (Fsp3) is 0.409. The Hall–Kier alpha value is -1.83. The Morgan fingerprint density at radius 1 is 1.24 bits per heavy atom. The molecule has 3 aromatic rings. The summed E-state index contributed by atoms with van der Waals surface area (Å²) in [6.45, 7) is 6.55.